The molecule has 1 N–H and O–H groups in total. The second-order valence-corrected chi connectivity index (χ2v) is 8.83. The van der Waals surface area contributed by atoms with Crippen molar-refractivity contribution in [3.05, 3.63) is 96.2 Å². The van der Waals surface area contributed by atoms with E-state index in [2.05, 4.69) is 5.32 Å². The number of carbonyl (C=O) groups excluding carboxylic acids is 2. The number of ether oxygens (including phenoxy) is 1. The van der Waals surface area contributed by atoms with Gasteiger partial charge in [-0.25, -0.2) is 0 Å². The van der Waals surface area contributed by atoms with E-state index in [-0.39, 0.29) is 11.6 Å². The number of hydrogen-bond acceptors (Lipinski definition) is 5. The van der Waals surface area contributed by atoms with Crippen LogP contribution in [0.25, 0.3) is 0 Å². The Morgan fingerprint density at radius 2 is 1.67 bits per heavy atom. The van der Waals surface area contributed by atoms with Gasteiger partial charge in [-0.2, -0.15) is 0 Å². The Balaban J connectivity index is 1.58. The van der Waals surface area contributed by atoms with Crippen molar-refractivity contribution in [1.82, 2.24) is 4.90 Å². The van der Waals surface area contributed by atoms with Gasteiger partial charge < -0.3 is 19.9 Å². The molecule has 8 heteroatoms. The zero-order chi connectivity index (χ0) is 25.7. The van der Waals surface area contributed by atoms with Crippen molar-refractivity contribution in [2.45, 2.75) is 6.42 Å². The van der Waals surface area contributed by atoms with Crippen LogP contribution in [0.3, 0.4) is 0 Å². The molecule has 1 fully saturated rings. The van der Waals surface area contributed by atoms with Gasteiger partial charge in [0.25, 0.3) is 11.8 Å². The molecule has 3 aromatic carbocycles. The molecule has 3 aromatic rings. The first kappa shape index (κ1) is 24.9. The van der Waals surface area contributed by atoms with E-state index < -0.39 is 5.91 Å². The lowest BCUT2D eigenvalue weighted by molar-refractivity contribution is -0.115. The van der Waals surface area contributed by atoms with E-state index in [0.717, 1.165) is 17.0 Å². The third kappa shape index (κ3) is 5.55. The van der Waals surface area contributed by atoms with E-state index in [9.17, 15) is 9.59 Å². The van der Waals surface area contributed by atoms with Crippen molar-refractivity contribution in [2.24, 2.45) is 0 Å². The van der Waals surface area contributed by atoms with Crippen LogP contribution in [0.1, 0.15) is 5.56 Å². The van der Waals surface area contributed by atoms with Crippen LogP contribution in [0.15, 0.2) is 90.6 Å². The van der Waals surface area contributed by atoms with Crippen LogP contribution in [0, 0.1) is 0 Å². The Kier molecular flexibility index (Phi) is 7.65. The molecule has 0 atom stereocenters. The third-order valence-corrected chi connectivity index (χ3v) is 6.25. The van der Waals surface area contributed by atoms with E-state index in [4.69, 9.17) is 17.0 Å². The Morgan fingerprint density at radius 3 is 2.28 bits per heavy atom. The number of hydrogen-bond donors (Lipinski definition) is 1. The average Bonchev–Trinajstić information content (AvgIpc) is 3.12. The van der Waals surface area contributed by atoms with Gasteiger partial charge in [0.05, 0.1) is 12.8 Å². The van der Waals surface area contributed by atoms with Crippen LogP contribution in [0.5, 0.6) is 5.75 Å². The number of carbonyl (C=O) groups is 2. The normalized spacial score (nSPS) is 14.4. The topological polar surface area (TPSA) is 65.1 Å². The van der Waals surface area contributed by atoms with Crippen LogP contribution >= 0.6 is 12.2 Å². The summed E-state index contributed by atoms with van der Waals surface area (Å²) in [5.74, 6) is 0.0406. The molecule has 1 aliphatic heterocycles. The van der Waals surface area contributed by atoms with Crippen LogP contribution in [-0.2, 0) is 16.0 Å². The van der Waals surface area contributed by atoms with Gasteiger partial charge in [0.15, 0.2) is 5.11 Å². The number of benzene rings is 3. The van der Waals surface area contributed by atoms with Crippen molar-refractivity contribution in [1.29, 1.82) is 0 Å². The van der Waals surface area contributed by atoms with Gasteiger partial charge in [0.2, 0.25) is 0 Å². The Bertz CT molecular complexity index is 1270. The first-order chi connectivity index (χ1) is 17.4. The predicted molar refractivity (Wildman–Crippen MR) is 147 cm³/mol. The molecule has 184 valence electrons. The average molecular weight is 501 g/mol. The van der Waals surface area contributed by atoms with Crippen molar-refractivity contribution in [2.75, 3.05) is 42.9 Å². The number of nitrogens with one attached hydrogen (secondary N) is 1. The highest BCUT2D eigenvalue weighted by Gasteiger charge is 2.39. The van der Waals surface area contributed by atoms with Crippen molar-refractivity contribution in [3.63, 3.8) is 0 Å². The quantitative estimate of drug-likeness (QED) is 0.364. The summed E-state index contributed by atoms with van der Waals surface area (Å²) in [6.07, 6.45) is 1.95. The number of anilines is 3. The zero-order valence-corrected chi connectivity index (χ0v) is 21.3. The second-order valence-electron chi connectivity index (χ2n) is 8.47. The molecule has 0 aliphatic carbocycles. The molecule has 0 bridgehead atoms. The van der Waals surface area contributed by atoms with E-state index in [1.165, 1.54) is 11.0 Å². The molecular weight excluding hydrogens is 472 g/mol. The first-order valence-electron chi connectivity index (χ1n) is 11.5. The second kappa shape index (κ2) is 11.0. The van der Waals surface area contributed by atoms with Gasteiger partial charge in [-0.1, -0.05) is 30.3 Å². The monoisotopic (exact) mass is 500 g/mol. The van der Waals surface area contributed by atoms with Gasteiger partial charge in [0, 0.05) is 38.1 Å². The maximum absolute atomic E-state index is 13.5. The fraction of sp³-hybridized carbons (Fsp3) is 0.179. The lowest BCUT2D eigenvalue weighted by Gasteiger charge is -2.20. The van der Waals surface area contributed by atoms with Crippen LogP contribution < -0.4 is 19.9 Å². The van der Waals surface area contributed by atoms with Crippen molar-refractivity contribution >= 4 is 46.2 Å². The van der Waals surface area contributed by atoms with Gasteiger partial charge in [-0.3, -0.25) is 14.5 Å². The Morgan fingerprint density at radius 1 is 1.00 bits per heavy atom. The summed E-state index contributed by atoms with van der Waals surface area (Å²) >= 11 is 5.71. The molecule has 1 saturated heterocycles. The summed E-state index contributed by atoms with van der Waals surface area (Å²) < 4.78 is 5.23. The largest absolute Gasteiger partial charge is 0.497 e. The fourth-order valence-corrected chi connectivity index (χ4v) is 4.26. The molecule has 7 nitrogen and oxygen atoms in total. The summed E-state index contributed by atoms with van der Waals surface area (Å²) in [5.41, 5.74) is 3.62. The fourth-order valence-electron chi connectivity index (χ4n) is 3.88. The highest BCUT2D eigenvalue weighted by Crippen LogP contribution is 2.28. The minimum Gasteiger partial charge on any atom is -0.497 e. The molecule has 0 unspecified atom stereocenters. The zero-order valence-electron chi connectivity index (χ0n) is 20.5. The summed E-state index contributed by atoms with van der Waals surface area (Å²) in [5, 5.41) is 3.19. The summed E-state index contributed by atoms with van der Waals surface area (Å²) in [4.78, 5) is 31.5. The minimum absolute atomic E-state index is 0.236. The van der Waals surface area contributed by atoms with Crippen molar-refractivity contribution in [3.8, 4) is 5.75 Å². The smallest absolute Gasteiger partial charge is 0.281 e. The van der Waals surface area contributed by atoms with E-state index >= 15 is 0 Å². The summed E-state index contributed by atoms with van der Waals surface area (Å²) in [7, 11) is 5.53. The standard InChI is InChI=1S/C28H28N4O3S/c1-30(2)22-13-11-21(12-14-22)29-26(33)19-25-27(34)32(23-7-5-4-6-8-23)28(36)31(25)18-17-20-9-15-24(35-3)16-10-20/h4-16,19H,17-18H2,1-3H3,(H,29,33)/b25-19+. The van der Waals surface area contributed by atoms with Gasteiger partial charge in [0.1, 0.15) is 11.4 Å². The molecule has 0 radical (unpaired) electrons. The molecule has 1 heterocycles. The number of methoxy groups -OCH3 is 1. The number of amides is 2. The molecule has 4 rings (SSSR count). The Labute approximate surface area is 216 Å². The van der Waals surface area contributed by atoms with E-state index in [1.54, 1.807) is 12.0 Å². The lowest BCUT2D eigenvalue weighted by atomic mass is 10.1. The highest BCUT2D eigenvalue weighted by atomic mass is 32.1. The van der Waals surface area contributed by atoms with Gasteiger partial charge in [-0.05, 0) is 72.7 Å². The number of rotatable bonds is 8. The molecule has 36 heavy (non-hydrogen) atoms. The number of thiocarbonyl (C=S) groups is 1. The maximum Gasteiger partial charge on any atom is 0.281 e. The summed E-state index contributed by atoms with van der Waals surface area (Å²) in [6, 6.07) is 24.4. The van der Waals surface area contributed by atoms with E-state index in [1.807, 2.05) is 97.9 Å². The SMILES string of the molecule is COc1ccc(CCN2C(=S)N(c3ccccc3)C(=O)/C2=C\C(=O)Nc2ccc(N(C)C)cc2)cc1. The minimum atomic E-state index is -0.400. The van der Waals surface area contributed by atoms with Gasteiger partial charge in [-0.15, -0.1) is 0 Å². The third-order valence-electron chi connectivity index (χ3n) is 5.85. The summed E-state index contributed by atoms with van der Waals surface area (Å²) in [6.45, 7) is 0.441. The highest BCUT2D eigenvalue weighted by molar-refractivity contribution is 7.80. The van der Waals surface area contributed by atoms with Crippen LogP contribution in [0.2, 0.25) is 0 Å². The number of para-hydroxylation sites is 1. The lowest BCUT2D eigenvalue weighted by Crippen LogP contribution is -2.33. The van der Waals surface area contributed by atoms with Crippen molar-refractivity contribution < 1.29 is 14.3 Å². The molecule has 0 aromatic heterocycles. The van der Waals surface area contributed by atoms with Crippen LogP contribution in [0.4, 0.5) is 17.1 Å². The number of nitrogens with zero attached hydrogens (tertiary/aromatic N) is 3. The van der Waals surface area contributed by atoms with Crippen LogP contribution in [-0.4, -0.2) is 49.6 Å². The molecule has 1 aliphatic rings. The molecule has 2 amide bonds. The maximum atomic E-state index is 13.5. The molecule has 0 spiro atoms. The Hall–Kier alpha value is -4.17. The predicted octanol–water partition coefficient (Wildman–Crippen LogP) is 4.46. The first-order valence-corrected chi connectivity index (χ1v) is 11.9. The molecular formula is C28H28N4O3S. The van der Waals surface area contributed by atoms with E-state index in [0.29, 0.717) is 29.5 Å². The van der Waals surface area contributed by atoms with Gasteiger partial charge >= 0.3 is 0 Å². The molecule has 0 saturated carbocycles.